The molecular formula is C15H18N2OS. The highest BCUT2D eigenvalue weighted by Crippen LogP contribution is 2.13. The highest BCUT2D eigenvalue weighted by atomic mass is 32.1. The Morgan fingerprint density at radius 2 is 2.21 bits per heavy atom. The second-order valence-corrected chi connectivity index (χ2v) is 5.10. The Balaban J connectivity index is 1.96. The van der Waals surface area contributed by atoms with Gasteiger partial charge in [0, 0.05) is 24.3 Å². The van der Waals surface area contributed by atoms with Crippen molar-refractivity contribution >= 4 is 22.9 Å². The number of benzene rings is 1. The van der Waals surface area contributed by atoms with Gasteiger partial charge in [-0.15, -0.1) is 0 Å². The molecular weight excluding hydrogens is 256 g/mol. The highest BCUT2D eigenvalue weighted by Gasteiger charge is 2.04. The van der Waals surface area contributed by atoms with Crippen LogP contribution in [0.2, 0.25) is 0 Å². The van der Waals surface area contributed by atoms with Crippen molar-refractivity contribution < 1.29 is 4.79 Å². The van der Waals surface area contributed by atoms with Crippen molar-refractivity contribution in [3.63, 3.8) is 0 Å². The van der Waals surface area contributed by atoms with Gasteiger partial charge in [0.25, 0.3) is 5.91 Å². The third-order valence-corrected chi connectivity index (χ3v) is 3.47. The minimum Gasteiger partial charge on any atom is -0.381 e. The molecule has 0 radical (unpaired) electrons. The SMILES string of the molecule is CCCNC(=O)c1cccc(NCc2ccsc2)c1. The molecule has 0 fully saturated rings. The zero-order chi connectivity index (χ0) is 13.5. The molecule has 2 N–H and O–H groups in total. The minimum atomic E-state index is -0.0129. The van der Waals surface area contributed by atoms with Crippen LogP contribution in [0.4, 0.5) is 5.69 Å². The number of rotatable bonds is 6. The van der Waals surface area contributed by atoms with Crippen LogP contribution < -0.4 is 10.6 Å². The van der Waals surface area contributed by atoms with Crippen LogP contribution in [0.3, 0.4) is 0 Å². The third-order valence-electron chi connectivity index (χ3n) is 2.74. The molecule has 2 rings (SSSR count). The van der Waals surface area contributed by atoms with E-state index in [1.807, 2.05) is 31.2 Å². The Morgan fingerprint density at radius 3 is 2.95 bits per heavy atom. The van der Waals surface area contributed by atoms with E-state index in [0.717, 1.165) is 18.7 Å². The quantitative estimate of drug-likeness (QED) is 0.846. The zero-order valence-corrected chi connectivity index (χ0v) is 11.8. The van der Waals surface area contributed by atoms with Gasteiger partial charge in [0.2, 0.25) is 0 Å². The highest BCUT2D eigenvalue weighted by molar-refractivity contribution is 7.07. The van der Waals surface area contributed by atoms with Crippen molar-refractivity contribution in [1.29, 1.82) is 0 Å². The summed E-state index contributed by atoms with van der Waals surface area (Å²) in [4.78, 5) is 11.9. The molecule has 0 aliphatic heterocycles. The van der Waals surface area contributed by atoms with Crippen LogP contribution in [0.5, 0.6) is 0 Å². The summed E-state index contributed by atoms with van der Waals surface area (Å²) in [6.45, 7) is 3.54. The molecule has 0 bridgehead atoms. The number of carbonyl (C=O) groups excluding carboxylic acids is 1. The van der Waals surface area contributed by atoms with E-state index in [2.05, 4.69) is 27.5 Å². The second-order valence-electron chi connectivity index (χ2n) is 4.32. The molecule has 0 spiro atoms. The maximum Gasteiger partial charge on any atom is 0.251 e. The first-order valence-corrected chi connectivity index (χ1v) is 7.37. The van der Waals surface area contributed by atoms with Crippen LogP contribution in [-0.2, 0) is 6.54 Å². The molecule has 2 aromatic rings. The number of thiophene rings is 1. The first kappa shape index (κ1) is 13.6. The van der Waals surface area contributed by atoms with Gasteiger partial charge in [0.05, 0.1) is 0 Å². The van der Waals surface area contributed by atoms with Gasteiger partial charge in [-0.2, -0.15) is 11.3 Å². The summed E-state index contributed by atoms with van der Waals surface area (Å²) in [5, 5.41) is 10.4. The fraction of sp³-hybridized carbons (Fsp3) is 0.267. The Morgan fingerprint density at radius 1 is 1.32 bits per heavy atom. The van der Waals surface area contributed by atoms with E-state index in [4.69, 9.17) is 0 Å². The molecule has 0 atom stereocenters. The van der Waals surface area contributed by atoms with Gasteiger partial charge >= 0.3 is 0 Å². The molecule has 0 aliphatic carbocycles. The summed E-state index contributed by atoms with van der Waals surface area (Å²) in [7, 11) is 0. The van der Waals surface area contributed by atoms with E-state index in [1.54, 1.807) is 11.3 Å². The standard InChI is InChI=1S/C15H18N2OS/c1-2-7-16-15(18)13-4-3-5-14(9-13)17-10-12-6-8-19-11-12/h3-6,8-9,11,17H,2,7,10H2,1H3,(H,16,18). The topological polar surface area (TPSA) is 41.1 Å². The number of hydrogen-bond donors (Lipinski definition) is 2. The Kier molecular flexibility index (Phi) is 4.98. The Bertz CT molecular complexity index is 523. The molecule has 1 aromatic carbocycles. The number of anilines is 1. The Hall–Kier alpha value is -1.81. The van der Waals surface area contributed by atoms with Crippen molar-refractivity contribution in [3.05, 3.63) is 52.2 Å². The van der Waals surface area contributed by atoms with Crippen LogP contribution in [0.25, 0.3) is 0 Å². The smallest absolute Gasteiger partial charge is 0.251 e. The molecule has 100 valence electrons. The summed E-state index contributed by atoms with van der Waals surface area (Å²) < 4.78 is 0. The van der Waals surface area contributed by atoms with Gasteiger partial charge in [-0.3, -0.25) is 4.79 Å². The zero-order valence-electron chi connectivity index (χ0n) is 11.0. The van der Waals surface area contributed by atoms with Crippen LogP contribution >= 0.6 is 11.3 Å². The molecule has 4 heteroatoms. The minimum absolute atomic E-state index is 0.0129. The van der Waals surface area contributed by atoms with E-state index in [1.165, 1.54) is 5.56 Å². The predicted molar refractivity (Wildman–Crippen MR) is 80.7 cm³/mol. The maximum atomic E-state index is 11.9. The lowest BCUT2D eigenvalue weighted by Gasteiger charge is -2.08. The van der Waals surface area contributed by atoms with Gasteiger partial charge in [0.15, 0.2) is 0 Å². The molecule has 0 unspecified atom stereocenters. The first-order valence-electron chi connectivity index (χ1n) is 6.43. The van der Waals surface area contributed by atoms with Crippen molar-refractivity contribution in [2.45, 2.75) is 19.9 Å². The first-order chi connectivity index (χ1) is 9.29. The van der Waals surface area contributed by atoms with E-state index < -0.39 is 0 Å². The number of amides is 1. The van der Waals surface area contributed by atoms with Gasteiger partial charge < -0.3 is 10.6 Å². The largest absolute Gasteiger partial charge is 0.381 e. The summed E-state index contributed by atoms with van der Waals surface area (Å²) in [6.07, 6.45) is 0.946. The van der Waals surface area contributed by atoms with E-state index in [9.17, 15) is 4.79 Å². The van der Waals surface area contributed by atoms with Crippen molar-refractivity contribution in [1.82, 2.24) is 5.32 Å². The molecule has 1 heterocycles. The molecule has 1 aromatic heterocycles. The van der Waals surface area contributed by atoms with Crippen LogP contribution in [0.15, 0.2) is 41.1 Å². The van der Waals surface area contributed by atoms with Gasteiger partial charge in [-0.1, -0.05) is 13.0 Å². The fourth-order valence-electron chi connectivity index (χ4n) is 1.71. The average molecular weight is 274 g/mol. The van der Waals surface area contributed by atoms with E-state index >= 15 is 0 Å². The van der Waals surface area contributed by atoms with Gasteiger partial charge in [0.1, 0.15) is 0 Å². The summed E-state index contributed by atoms with van der Waals surface area (Å²) in [6, 6.07) is 9.69. The molecule has 0 aliphatic rings. The predicted octanol–water partition coefficient (Wildman–Crippen LogP) is 3.50. The summed E-state index contributed by atoms with van der Waals surface area (Å²) in [5.74, 6) is -0.0129. The fourth-order valence-corrected chi connectivity index (χ4v) is 2.38. The maximum absolute atomic E-state index is 11.9. The Labute approximate surface area is 117 Å². The van der Waals surface area contributed by atoms with Gasteiger partial charge in [-0.25, -0.2) is 0 Å². The van der Waals surface area contributed by atoms with Crippen LogP contribution in [0, 0.1) is 0 Å². The molecule has 19 heavy (non-hydrogen) atoms. The van der Waals surface area contributed by atoms with Crippen molar-refractivity contribution in [3.8, 4) is 0 Å². The molecule has 3 nitrogen and oxygen atoms in total. The summed E-state index contributed by atoms with van der Waals surface area (Å²) >= 11 is 1.69. The van der Waals surface area contributed by atoms with E-state index in [-0.39, 0.29) is 5.91 Å². The second kappa shape index (κ2) is 6.95. The van der Waals surface area contributed by atoms with Crippen LogP contribution in [-0.4, -0.2) is 12.5 Å². The van der Waals surface area contributed by atoms with Gasteiger partial charge in [-0.05, 0) is 47.0 Å². The molecule has 0 saturated heterocycles. The number of carbonyl (C=O) groups is 1. The lowest BCUT2D eigenvalue weighted by atomic mass is 10.2. The lowest BCUT2D eigenvalue weighted by Crippen LogP contribution is -2.23. The third kappa shape index (κ3) is 4.10. The average Bonchev–Trinajstić information content (AvgIpc) is 2.96. The molecule has 0 saturated carbocycles. The van der Waals surface area contributed by atoms with Crippen molar-refractivity contribution in [2.75, 3.05) is 11.9 Å². The number of hydrogen-bond acceptors (Lipinski definition) is 3. The van der Waals surface area contributed by atoms with Crippen molar-refractivity contribution in [2.24, 2.45) is 0 Å². The normalized spacial score (nSPS) is 10.2. The van der Waals surface area contributed by atoms with Crippen LogP contribution in [0.1, 0.15) is 29.3 Å². The number of nitrogens with one attached hydrogen (secondary N) is 2. The molecule has 1 amide bonds. The monoisotopic (exact) mass is 274 g/mol. The lowest BCUT2D eigenvalue weighted by molar-refractivity contribution is 0.0953. The van der Waals surface area contributed by atoms with E-state index in [0.29, 0.717) is 12.1 Å². The summed E-state index contributed by atoms with van der Waals surface area (Å²) in [5.41, 5.74) is 2.92.